The minimum atomic E-state index is -0.256. The summed E-state index contributed by atoms with van der Waals surface area (Å²) in [5, 5.41) is 0. The van der Waals surface area contributed by atoms with Crippen molar-refractivity contribution >= 4 is 5.91 Å². The molecule has 1 aliphatic rings. The van der Waals surface area contributed by atoms with Crippen LogP contribution in [-0.2, 0) is 9.53 Å². The smallest absolute Gasteiger partial charge is 0.248 e. The Morgan fingerprint density at radius 3 is 2.32 bits per heavy atom. The molecule has 1 heterocycles. The average Bonchev–Trinajstić information content (AvgIpc) is 2.36. The molecule has 19 heavy (non-hydrogen) atoms. The third-order valence-corrected chi connectivity index (χ3v) is 3.33. The van der Waals surface area contributed by atoms with Crippen LogP contribution >= 0.6 is 0 Å². The lowest BCUT2D eigenvalue weighted by molar-refractivity contribution is -0.142. The van der Waals surface area contributed by atoms with Crippen LogP contribution in [0.4, 0.5) is 0 Å². The predicted octanol–water partition coefficient (Wildman–Crippen LogP) is 0.541. The number of amides is 1. The van der Waals surface area contributed by atoms with Gasteiger partial charge < -0.3 is 15.4 Å². The Hall–Kier alpha value is -0.650. The summed E-state index contributed by atoms with van der Waals surface area (Å²) in [6.07, 6.45) is 0. The second kappa shape index (κ2) is 7.22. The van der Waals surface area contributed by atoms with E-state index in [9.17, 15) is 4.79 Å². The lowest BCUT2D eigenvalue weighted by atomic mass is 10.1. The maximum Gasteiger partial charge on any atom is 0.248 e. The van der Waals surface area contributed by atoms with Gasteiger partial charge in [0.2, 0.25) is 5.91 Å². The number of rotatable bonds is 5. The number of hydrogen-bond donors (Lipinski definition) is 1. The van der Waals surface area contributed by atoms with Crippen LogP contribution in [0.1, 0.15) is 27.7 Å². The van der Waals surface area contributed by atoms with Crippen LogP contribution in [0, 0.1) is 5.92 Å². The van der Waals surface area contributed by atoms with Crippen molar-refractivity contribution in [2.45, 2.75) is 33.3 Å². The number of nitrogens with two attached hydrogens (primary N) is 1. The van der Waals surface area contributed by atoms with Gasteiger partial charge in [-0.2, -0.15) is 0 Å². The Morgan fingerprint density at radius 1 is 1.26 bits per heavy atom. The normalized spacial score (nSPS) is 19.5. The molecule has 1 saturated heterocycles. The standard InChI is InChI=1S/C14H29N3O2/c1-12(9-15)10-16-5-7-17(8-6-16)13(18)11-19-14(2,3)4/h12H,5-11,15H2,1-4H3. The van der Waals surface area contributed by atoms with Gasteiger partial charge in [0.05, 0.1) is 5.60 Å². The molecule has 5 heteroatoms. The van der Waals surface area contributed by atoms with Crippen LogP contribution in [0.25, 0.3) is 0 Å². The van der Waals surface area contributed by atoms with E-state index in [-0.39, 0.29) is 18.1 Å². The molecule has 0 bridgehead atoms. The zero-order valence-corrected chi connectivity index (χ0v) is 12.8. The van der Waals surface area contributed by atoms with Crippen LogP contribution in [0.15, 0.2) is 0 Å². The highest BCUT2D eigenvalue weighted by Gasteiger charge is 2.23. The molecule has 1 amide bonds. The van der Waals surface area contributed by atoms with Gasteiger partial charge in [-0.1, -0.05) is 6.92 Å². The summed E-state index contributed by atoms with van der Waals surface area (Å²) < 4.78 is 5.53. The Bertz CT molecular complexity index is 281. The van der Waals surface area contributed by atoms with Gasteiger partial charge in [0, 0.05) is 32.7 Å². The van der Waals surface area contributed by atoms with E-state index < -0.39 is 0 Å². The van der Waals surface area contributed by atoms with E-state index in [4.69, 9.17) is 10.5 Å². The number of nitrogens with zero attached hydrogens (tertiary/aromatic N) is 2. The molecular weight excluding hydrogens is 242 g/mol. The van der Waals surface area contributed by atoms with Crippen molar-refractivity contribution in [3.05, 3.63) is 0 Å². The number of piperazine rings is 1. The molecule has 1 aliphatic heterocycles. The lowest BCUT2D eigenvalue weighted by Crippen LogP contribution is -2.51. The van der Waals surface area contributed by atoms with Crippen molar-refractivity contribution < 1.29 is 9.53 Å². The molecule has 0 saturated carbocycles. The molecule has 0 aromatic rings. The van der Waals surface area contributed by atoms with Gasteiger partial charge in [-0.05, 0) is 33.2 Å². The summed E-state index contributed by atoms with van der Waals surface area (Å²) in [6.45, 7) is 13.4. The molecule has 1 rings (SSSR count). The van der Waals surface area contributed by atoms with E-state index in [0.717, 1.165) is 39.3 Å². The Labute approximate surface area is 117 Å². The summed E-state index contributed by atoms with van der Waals surface area (Å²) in [7, 11) is 0. The van der Waals surface area contributed by atoms with Crippen LogP contribution in [0.5, 0.6) is 0 Å². The molecule has 0 radical (unpaired) electrons. The quantitative estimate of drug-likeness (QED) is 0.793. The minimum Gasteiger partial charge on any atom is -0.366 e. The van der Waals surface area contributed by atoms with Gasteiger partial charge in [0.25, 0.3) is 0 Å². The van der Waals surface area contributed by atoms with Gasteiger partial charge in [-0.15, -0.1) is 0 Å². The maximum atomic E-state index is 12.0. The fraction of sp³-hybridized carbons (Fsp3) is 0.929. The first kappa shape index (κ1) is 16.4. The van der Waals surface area contributed by atoms with Gasteiger partial charge in [0.1, 0.15) is 6.61 Å². The molecule has 1 atom stereocenters. The molecule has 112 valence electrons. The Balaban J connectivity index is 2.27. The highest BCUT2D eigenvalue weighted by Crippen LogP contribution is 2.09. The Kier molecular flexibility index (Phi) is 6.23. The SMILES string of the molecule is CC(CN)CN1CCN(C(=O)COC(C)(C)C)CC1. The summed E-state index contributed by atoms with van der Waals surface area (Å²) in [4.78, 5) is 16.3. The molecule has 1 unspecified atom stereocenters. The highest BCUT2D eigenvalue weighted by molar-refractivity contribution is 5.77. The van der Waals surface area contributed by atoms with E-state index >= 15 is 0 Å². The van der Waals surface area contributed by atoms with E-state index in [1.165, 1.54) is 0 Å². The van der Waals surface area contributed by atoms with E-state index in [1.54, 1.807) is 0 Å². The minimum absolute atomic E-state index is 0.0986. The van der Waals surface area contributed by atoms with Crippen molar-refractivity contribution in [2.24, 2.45) is 11.7 Å². The van der Waals surface area contributed by atoms with E-state index in [0.29, 0.717) is 5.92 Å². The third-order valence-electron chi connectivity index (χ3n) is 3.33. The van der Waals surface area contributed by atoms with Gasteiger partial charge in [-0.3, -0.25) is 9.69 Å². The van der Waals surface area contributed by atoms with Gasteiger partial charge in [0.15, 0.2) is 0 Å². The summed E-state index contributed by atoms with van der Waals surface area (Å²) in [6, 6.07) is 0. The van der Waals surface area contributed by atoms with Crippen LogP contribution in [0.2, 0.25) is 0 Å². The number of carbonyl (C=O) groups is 1. The molecule has 1 fully saturated rings. The summed E-state index contributed by atoms with van der Waals surface area (Å²) >= 11 is 0. The topological polar surface area (TPSA) is 58.8 Å². The molecule has 0 aromatic carbocycles. The molecule has 0 aliphatic carbocycles. The van der Waals surface area contributed by atoms with Crippen LogP contribution in [0.3, 0.4) is 0 Å². The van der Waals surface area contributed by atoms with Crippen LogP contribution in [-0.4, -0.2) is 67.2 Å². The summed E-state index contributed by atoms with van der Waals surface area (Å²) in [5.74, 6) is 0.618. The average molecular weight is 271 g/mol. The number of ether oxygens (including phenoxy) is 1. The van der Waals surface area contributed by atoms with Crippen molar-refractivity contribution in [1.82, 2.24) is 9.80 Å². The van der Waals surface area contributed by atoms with Gasteiger partial charge in [-0.25, -0.2) is 0 Å². The molecule has 5 nitrogen and oxygen atoms in total. The van der Waals surface area contributed by atoms with Gasteiger partial charge >= 0.3 is 0 Å². The molecule has 0 aromatic heterocycles. The number of carbonyl (C=O) groups excluding carboxylic acids is 1. The second-order valence-electron chi connectivity index (χ2n) is 6.42. The van der Waals surface area contributed by atoms with Crippen molar-refractivity contribution in [3.63, 3.8) is 0 Å². The fourth-order valence-electron chi connectivity index (χ4n) is 2.06. The summed E-state index contributed by atoms with van der Waals surface area (Å²) in [5.41, 5.74) is 5.38. The fourth-order valence-corrected chi connectivity index (χ4v) is 2.06. The van der Waals surface area contributed by atoms with E-state index in [2.05, 4.69) is 11.8 Å². The zero-order chi connectivity index (χ0) is 14.5. The van der Waals surface area contributed by atoms with E-state index in [1.807, 2.05) is 25.7 Å². The zero-order valence-electron chi connectivity index (χ0n) is 12.8. The maximum absolute atomic E-state index is 12.0. The van der Waals surface area contributed by atoms with Crippen molar-refractivity contribution in [2.75, 3.05) is 45.9 Å². The monoisotopic (exact) mass is 271 g/mol. The third kappa shape index (κ3) is 6.36. The molecule has 2 N–H and O–H groups in total. The first-order valence-electron chi connectivity index (χ1n) is 7.16. The number of hydrogen-bond acceptors (Lipinski definition) is 4. The Morgan fingerprint density at radius 2 is 1.84 bits per heavy atom. The lowest BCUT2D eigenvalue weighted by Gasteiger charge is -2.36. The molecule has 0 spiro atoms. The first-order chi connectivity index (χ1) is 8.81. The highest BCUT2D eigenvalue weighted by atomic mass is 16.5. The first-order valence-corrected chi connectivity index (χ1v) is 7.16. The second-order valence-corrected chi connectivity index (χ2v) is 6.42. The predicted molar refractivity (Wildman–Crippen MR) is 76.9 cm³/mol. The molecular formula is C14H29N3O2. The van der Waals surface area contributed by atoms with Crippen LogP contribution < -0.4 is 5.73 Å². The largest absolute Gasteiger partial charge is 0.366 e. The van der Waals surface area contributed by atoms with Crippen molar-refractivity contribution in [1.29, 1.82) is 0 Å². The van der Waals surface area contributed by atoms with Crippen molar-refractivity contribution in [3.8, 4) is 0 Å².